The zero-order valence-corrected chi connectivity index (χ0v) is 13.7. The van der Waals surface area contributed by atoms with Crippen molar-refractivity contribution >= 4 is 16.9 Å². The average molecular weight is 316 g/mol. The average Bonchev–Trinajstić information content (AvgIpc) is 2.91. The van der Waals surface area contributed by atoms with Crippen LogP contribution < -0.4 is 10.6 Å². The lowest BCUT2D eigenvalue weighted by Gasteiger charge is -2.23. The molecule has 1 aromatic heterocycles. The third kappa shape index (κ3) is 3.71. The Morgan fingerprint density at radius 1 is 1.39 bits per heavy atom. The Balaban J connectivity index is 1.56. The van der Waals surface area contributed by atoms with Crippen molar-refractivity contribution in [3.63, 3.8) is 0 Å². The van der Waals surface area contributed by atoms with Gasteiger partial charge in [-0.1, -0.05) is 12.1 Å². The van der Waals surface area contributed by atoms with Crippen LogP contribution in [0.1, 0.15) is 31.6 Å². The number of carbonyl (C=O) groups excluding carboxylic acids is 1. The topological polar surface area (TPSA) is 68.2 Å². The number of nitrogens with zero attached hydrogens (tertiary/aromatic N) is 2. The quantitative estimate of drug-likeness (QED) is 0.877. The van der Waals surface area contributed by atoms with Crippen molar-refractivity contribution in [3.05, 3.63) is 30.1 Å². The normalized spacial score (nSPS) is 17.3. The second-order valence-electron chi connectivity index (χ2n) is 6.07. The van der Waals surface area contributed by atoms with E-state index in [-0.39, 0.29) is 18.0 Å². The largest absolute Gasteiger partial charge is 0.381 e. The molecule has 1 aromatic carbocycles. The third-order valence-corrected chi connectivity index (χ3v) is 4.36. The number of amides is 1. The molecule has 124 valence electrons. The van der Waals surface area contributed by atoms with Crippen LogP contribution in [0.3, 0.4) is 0 Å². The predicted molar refractivity (Wildman–Crippen MR) is 89.1 cm³/mol. The second kappa shape index (κ2) is 7.10. The highest BCUT2D eigenvalue weighted by Gasteiger charge is 2.18. The summed E-state index contributed by atoms with van der Waals surface area (Å²) in [5.74, 6) is 0.965. The fraction of sp³-hybridized carbons (Fsp3) is 0.529. The van der Waals surface area contributed by atoms with Crippen LogP contribution in [0.15, 0.2) is 24.3 Å². The zero-order chi connectivity index (χ0) is 16.2. The number of carbonyl (C=O) groups is 1. The molecule has 6 nitrogen and oxygen atoms in total. The van der Waals surface area contributed by atoms with E-state index in [2.05, 4.69) is 26.3 Å². The maximum absolute atomic E-state index is 12.1. The molecule has 0 radical (unpaired) electrons. The van der Waals surface area contributed by atoms with E-state index in [1.807, 2.05) is 32.2 Å². The molecular weight excluding hydrogens is 292 g/mol. The summed E-state index contributed by atoms with van der Waals surface area (Å²) in [5.41, 5.74) is 2.08. The Morgan fingerprint density at radius 3 is 2.87 bits per heavy atom. The number of nitrogens with one attached hydrogen (secondary N) is 2. The molecule has 23 heavy (non-hydrogen) atoms. The van der Waals surface area contributed by atoms with Crippen LogP contribution in [0.2, 0.25) is 0 Å². The van der Waals surface area contributed by atoms with E-state index in [9.17, 15) is 4.79 Å². The number of ether oxygens (including phenoxy) is 1. The van der Waals surface area contributed by atoms with E-state index in [0.717, 1.165) is 42.9 Å². The highest BCUT2D eigenvalue weighted by atomic mass is 16.5. The highest BCUT2D eigenvalue weighted by molar-refractivity contribution is 5.78. The van der Waals surface area contributed by atoms with Crippen molar-refractivity contribution in [1.82, 2.24) is 20.2 Å². The Kier molecular flexibility index (Phi) is 4.93. The minimum Gasteiger partial charge on any atom is -0.381 e. The second-order valence-corrected chi connectivity index (χ2v) is 6.07. The van der Waals surface area contributed by atoms with E-state index in [4.69, 9.17) is 4.74 Å². The van der Waals surface area contributed by atoms with Gasteiger partial charge in [-0.05, 0) is 31.9 Å². The first-order valence-electron chi connectivity index (χ1n) is 8.17. The number of hydrogen-bond donors (Lipinski definition) is 2. The van der Waals surface area contributed by atoms with Gasteiger partial charge in [-0.2, -0.15) is 0 Å². The van der Waals surface area contributed by atoms with Crippen LogP contribution in [0.25, 0.3) is 11.0 Å². The smallest absolute Gasteiger partial charge is 0.234 e. The number of benzene rings is 1. The van der Waals surface area contributed by atoms with E-state index in [1.54, 1.807) is 0 Å². The lowest BCUT2D eigenvalue weighted by atomic mass is 10.1. The maximum Gasteiger partial charge on any atom is 0.234 e. The number of imidazole rings is 1. The van der Waals surface area contributed by atoms with E-state index < -0.39 is 0 Å². The van der Waals surface area contributed by atoms with Crippen LogP contribution in [0.4, 0.5) is 0 Å². The van der Waals surface area contributed by atoms with Crippen LogP contribution in [0, 0.1) is 0 Å². The van der Waals surface area contributed by atoms with E-state index in [0.29, 0.717) is 6.54 Å². The molecule has 2 heterocycles. The summed E-state index contributed by atoms with van der Waals surface area (Å²) in [6.45, 7) is 3.79. The van der Waals surface area contributed by atoms with E-state index >= 15 is 0 Å². The van der Waals surface area contributed by atoms with Gasteiger partial charge in [0, 0.05) is 26.3 Å². The minimum atomic E-state index is 0.00726. The van der Waals surface area contributed by atoms with Gasteiger partial charge in [-0.3, -0.25) is 10.1 Å². The molecule has 0 unspecified atom stereocenters. The molecule has 1 atom stereocenters. The summed E-state index contributed by atoms with van der Waals surface area (Å²) in [4.78, 5) is 16.7. The molecule has 1 aliphatic heterocycles. The first-order valence-corrected chi connectivity index (χ1v) is 8.17. The van der Waals surface area contributed by atoms with Crippen molar-refractivity contribution in [2.24, 2.45) is 7.05 Å². The molecular formula is C17H24N4O2. The number of fused-ring (bicyclic) bond motifs is 1. The predicted octanol–water partition coefficient (Wildman–Crippen LogP) is 1.52. The molecule has 1 aliphatic rings. The molecule has 0 aliphatic carbocycles. The van der Waals surface area contributed by atoms with Crippen molar-refractivity contribution in [3.8, 4) is 0 Å². The van der Waals surface area contributed by atoms with Gasteiger partial charge in [-0.15, -0.1) is 0 Å². The number of aryl methyl sites for hydroxylation is 1. The molecule has 1 saturated heterocycles. The van der Waals surface area contributed by atoms with Crippen LogP contribution >= 0.6 is 0 Å². The van der Waals surface area contributed by atoms with Crippen molar-refractivity contribution < 1.29 is 9.53 Å². The summed E-state index contributed by atoms with van der Waals surface area (Å²) >= 11 is 0. The molecule has 2 N–H and O–H groups in total. The van der Waals surface area contributed by atoms with Crippen LogP contribution in [-0.4, -0.2) is 41.3 Å². The Hall–Kier alpha value is -1.92. The van der Waals surface area contributed by atoms with Crippen molar-refractivity contribution in [1.29, 1.82) is 0 Å². The van der Waals surface area contributed by atoms with Crippen molar-refractivity contribution in [2.45, 2.75) is 31.8 Å². The minimum absolute atomic E-state index is 0.00726. The lowest BCUT2D eigenvalue weighted by Crippen LogP contribution is -2.43. The number of para-hydroxylation sites is 2. The van der Waals surface area contributed by atoms with E-state index in [1.165, 1.54) is 0 Å². The van der Waals surface area contributed by atoms with Gasteiger partial charge in [0.05, 0.1) is 23.6 Å². The number of hydrogen-bond acceptors (Lipinski definition) is 4. The summed E-state index contributed by atoms with van der Waals surface area (Å²) in [5, 5.41) is 6.32. The zero-order valence-electron chi connectivity index (χ0n) is 13.7. The summed E-state index contributed by atoms with van der Waals surface area (Å²) in [6, 6.07) is 8.29. The molecule has 0 saturated carbocycles. The van der Waals surface area contributed by atoms with Gasteiger partial charge in [0.1, 0.15) is 5.82 Å². The van der Waals surface area contributed by atoms with Gasteiger partial charge in [-0.25, -0.2) is 4.98 Å². The molecule has 3 rings (SSSR count). The fourth-order valence-corrected chi connectivity index (χ4v) is 3.01. The molecule has 1 amide bonds. The van der Waals surface area contributed by atoms with Gasteiger partial charge < -0.3 is 14.6 Å². The van der Waals surface area contributed by atoms with Gasteiger partial charge >= 0.3 is 0 Å². The highest BCUT2D eigenvalue weighted by Crippen LogP contribution is 2.18. The summed E-state index contributed by atoms with van der Waals surface area (Å²) < 4.78 is 7.37. The van der Waals surface area contributed by atoms with Crippen LogP contribution in [-0.2, 0) is 16.6 Å². The molecule has 1 fully saturated rings. The first kappa shape index (κ1) is 16.0. The summed E-state index contributed by atoms with van der Waals surface area (Å²) in [7, 11) is 2.00. The standard InChI is InChI=1S/C17H24N4O2/c1-12(17-20-14-5-3-4-6-15(14)21(17)2)18-11-16(22)19-13-7-9-23-10-8-13/h3-6,12-13,18H,7-11H2,1-2H3,(H,19,22)/t12-/m0/s1. The molecule has 0 bridgehead atoms. The number of aromatic nitrogens is 2. The Bertz CT molecular complexity index is 676. The van der Waals surface area contributed by atoms with Gasteiger partial charge in [0.25, 0.3) is 0 Å². The lowest BCUT2D eigenvalue weighted by molar-refractivity contribution is -0.121. The first-order chi connectivity index (χ1) is 11.1. The number of rotatable bonds is 5. The monoisotopic (exact) mass is 316 g/mol. The molecule has 6 heteroatoms. The fourth-order valence-electron chi connectivity index (χ4n) is 3.01. The van der Waals surface area contributed by atoms with Gasteiger partial charge in [0.2, 0.25) is 5.91 Å². The Morgan fingerprint density at radius 2 is 2.13 bits per heavy atom. The van der Waals surface area contributed by atoms with Crippen LogP contribution in [0.5, 0.6) is 0 Å². The Labute approximate surface area is 136 Å². The third-order valence-electron chi connectivity index (χ3n) is 4.36. The summed E-state index contributed by atoms with van der Waals surface area (Å²) in [6.07, 6.45) is 1.79. The molecule has 2 aromatic rings. The SMILES string of the molecule is C[C@H](NCC(=O)NC1CCOCC1)c1nc2ccccc2n1C. The van der Waals surface area contributed by atoms with Gasteiger partial charge in [0.15, 0.2) is 0 Å². The maximum atomic E-state index is 12.1. The van der Waals surface area contributed by atoms with Crippen molar-refractivity contribution in [2.75, 3.05) is 19.8 Å². The molecule has 0 spiro atoms.